The third kappa shape index (κ3) is 17.8. The van der Waals surface area contributed by atoms with Gasteiger partial charge in [-0.25, -0.2) is 45.6 Å². The Labute approximate surface area is 483 Å². The Bertz CT molecular complexity index is 3220. The third-order valence-electron chi connectivity index (χ3n) is 11.8. The molecule has 432 valence electrons. The highest BCUT2D eigenvalue weighted by atomic mass is 35.5. The highest BCUT2D eigenvalue weighted by Gasteiger charge is 2.40. The highest BCUT2D eigenvalue weighted by molar-refractivity contribution is 7.90. The third-order valence-corrected chi connectivity index (χ3v) is 15.0. The van der Waals surface area contributed by atoms with Gasteiger partial charge in [0.2, 0.25) is 11.8 Å². The number of aromatic amines is 2. The first-order chi connectivity index (χ1) is 34.7. The number of aryl methyl sites for hydroxylation is 2. The number of H-pyrrole nitrogens is 2. The minimum atomic E-state index is -4.13. The van der Waals surface area contributed by atoms with Gasteiger partial charge in [0.15, 0.2) is 11.6 Å². The lowest BCUT2D eigenvalue weighted by molar-refractivity contribution is 0.0972. The first-order valence-corrected chi connectivity index (χ1v) is 27.8. The largest absolute Gasteiger partial charge is 0.476 e. The Balaban J connectivity index is 0.000000351. The number of pyridine rings is 2. The monoisotopic (exact) mass is 1200 g/mol. The van der Waals surface area contributed by atoms with Crippen LogP contribution in [0, 0.1) is 36.5 Å². The molecule has 2 aliphatic heterocycles. The van der Waals surface area contributed by atoms with E-state index in [0.29, 0.717) is 71.8 Å². The number of amides is 2. The zero-order valence-corrected chi connectivity index (χ0v) is 51.8. The maximum Gasteiger partial charge on any atom is 0.268 e. The number of nitrogens with one attached hydrogen (secondary N) is 5. The number of carbonyl (C=O) groups is 2. The lowest BCUT2D eigenvalue weighted by Crippen LogP contribution is -2.41. The molecule has 2 aliphatic rings. The van der Waals surface area contributed by atoms with E-state index in [0.717, 1.165) is 18.5 Å². The molecule has 0 bridgehead atoms. The van der Waals surface area contributed by atoms with Crippen LogP contribution in [-0.2, 0) is 20.0 Å². The van der Waals surface area contributed by atoms with Crippen molar-refractivity contribution in [2.24, 2.45) is 22.7 Å². The molecule has 2 atom stereocenters. The van der Waals surface area contributed by atoms with Gasteiger partial charge in [-0.1, -0.05) is 67.0 Å². The molecule has 8 heterocycles. The van der Waals surface area contributed by atoms with E-state index in [1.807, 2.05) is 25.5 Å². The molecule has 6 aromatic rings. The van der Waals surface area contributed by atoms with Crippen molar-refractivity contribution in [1.82, 2.24) is 64.7 Å². The van der Waals surface area contributed by atoms with E-state index in [2.05, 4.69) is 113 Å². The van der Waals surface area contributed by atoms with Gasteiger partial charge in [-0.05, 0) is 108 Å². The van der Waals surface area contributed by atoms with Gasteiger partial charge in [0.05, 0.1) is 48.1 Å². The smallest absolute Gasteiger partial charge is 0.268 e. The summed E-state index contributed by atoms with van der Waals surface area (Å²) in [6, 6.07) is 9.53. The molecule has 2 amide bonds. The lowest BCUT2D eigenvalue weighted by atomic mass is 9.97. The lowest BCUT2D eigenvalue weighted by Gasteiger charge is -2.34. The number of anilines is 1. The summed E-state index contributed by atoms with van der Waals surface area (Å²) in [6.07, 6.45) is 7.91. The van der Waals surface area contributed by atoms with Crippen molar-refractivity contribution in [3.8, 4) is 23.4 Å². The Morgan fingerprint density at radius 2 is 1.15 bits per heavy atom. The number of halogens is 2. The van der Waals surface area contributed by atoms with Crippen molar-refractivity contribution >= 4 is 88.7 Å². The van der Waals surface area contributed by atoms with Crippen molar-refractivity contribution in [3.63, 3.8) is 0 Å². The molecule has 0 radical (unpaired) electrons. The number of sulfonamides is 2. The van der Waals surface area contributed by atoms with Gasteiger partial charge in [-0.2, -0.15) is 37.2 Å². The number of aromatic nitrogens is 10. The van der Waals surface area contributed by atoms with Crippen molar-refractivity contribution in [3.05, 3.63) is 88.9 Å². The van der Waals surface area contributed by atoms with Crippen LogP contribution in [0.2, 0.25) is 5.15 Å². The average Bonchev–Trinajstić information content (AvgIpc) is 4.17. The molecule has 78 heavy (non-hydrogen) atoms. The van der Waals surface area contributed by atoms with E-state index in [1.165, 1.54) is 42.9 Å². The van der Waals surface area contributed by atoms with Gasteiger partial charge in [-0.15, -0.1) is 22.6 Å². The van der Waals surface area contributed by atoms with Crippen molar-refractivity contribution < 1.29 is 35.9 Å². The first kappa shape index (κ1) is 66.9. The van der Waals surface area contributed by atoms with Gasteiger partial charge in [0.25, 0.3) is 31.9 Å². The summed E-state index contributed by atoms with van der Waals surface area (Å²) in [6.45, 7) is 31.5. The van der Waals surface area contributed by atoms with Crippen LogP contribution in [0.3, 0.4) is 0 Å². The number of ether oxygens (including phenoxy) is 2. The summed E-state index contributed by atoms with van der Waals surface area (Å²) in [5.41, 5.74) is 0.802. The van der Waals surface area contributed by atoms with Gasteiger partial charge < -0.3 is 19.7 Å². The molecule has 22 nitrogen and oxygen atoms in total. The molecule has 0 unspecified atom stereocenters. The Morgan fingerprint density at radius 1 is 0.705 bits per heavy atom. The van der Waals surface area contributed by atoms with Crippen LogP contribution < -0.4 is 29.1 Å². The summed E-state index contributed by atoms with van der Waals surface area (Å²) in [7, 11) is -8.23. The van der Waals surface area contributed by atoms with Gasteiger partial charge in [0, 0.05) is 42.1 Å². The van der Waals surface area contributed by atoms with Gasteiger partial charge in [0.1, 0.15) is 20.8 Å². The standard InChI is InChI=1S/C25H35N7O4S.C18H21ClN6O4S.C7H15N.ClH.2H2S/c1-16-12-25(6,7)31(14-16)22-18(23(33)30-37(34,35)19-13-26-28-17(19)2)8-9-20(27-22)32-11-10-21(29-32)36-15-24(3,4)5;1-11-13(9-20-22-11)30(27,28)24-17(26)12-5-6-14(21-16(12)19)25-8-7-15(23-25)29-10-18(2,3)4;1-6-4-7(2,3)8-5-6;;;/h8-11,13,16H,12,14-15H2,1-7H3,(H,26,28)(H,30,33);5-9H,10H2,1-4H3,(H,20,22)(H,24,26);6,8H,4-5H2,1-3H3;1H;2*1H2/t16-;;6-;;;/m0.0.../s1. The molecule has 2 fully saturated rings. The minimum Gasteiger partial charge on any atom is -0.476 e. The summed E-state index contributed by atoms with van der Waals surface area (Å²) < 4.78 is 69.1. The van der Waals surface area contributed by atoms with Crippen LogP contribution in [-0.4, -0.2) is 116 Å². The summed E-state index contributed by atoms with van der Waals surface area (Å²) in [4.78, 5) is 36.6. The average molecular weight is 1200 g/mol. The number of hydrogen-bond acceptors (Lipinski definition) is 16. The van der Waals surface area contributed by atoms with E-state index >= 15 is 0 Å². The zero-order valence-electron chi connectivity index (χ0n) is 46.6. The molecule has 0 aromatic carbocycles. The maximum atomic E-state index is 13.3. The molecular formula is C50H76Cl2N14O8S4. The molecule has 0 spiro atoms. The molecule has 0 saturated carbocycles. The highest BCUT2D eigenvalue weighted by Crippen LogP contribution is 2.38. The normalized spacial score (nSPS) is 16.7. The molecule has 28 heteroatoms. The Morgan fingerprint density at radius 3 is 1.51 bits per heavy atom. The quantitative estimate of drug-likeness (QED) is 0.0685. The molecule has 5 N–H and O–H groups in total. The molecule has 8 rings (SSSR count). The summed E-state index contributed by atoms with van der Waals surface area (Å²) >= 11 is 6.13. The van der Waals surface area contributed by atoms with Crippen molar-refractivity contribution in [2.45, 2.75) is 131 Å². The van der Waals surface area contributed by atoms with Crippen LogP contribution >= 0.6 is 51.0 Å². The van der Waals surface area contributed by atoms with Crippen LogP contribution in [0.4, 0.5) is 5.82 Å². The van der Waals surface area contributed by atoms with Crippen LogP contribution in [0.5, 0.6) is 11.8 Å². The maximum absolute atomic E-state index is 13.3. The first-order valence-electron chi connectivity index (χ1n) is 24.4. The Kier molecular flexibility index (Phi) is 22.5. The van der Waals surface area contributed by atoms with Crippen molar-refractivity contribution in [1.29, 1.82) is 0 Å². The topological polar surface area (TPSA) is 279 Å². The summed E-state index contributed by atoms with van der Waals surface area (Å²) in [5.74, 6) is 1.70. The van der Waals surface area contributed by atoms with E-state index in [-0.39, 0.29) is 81.8 Å². The second-order valence-electron chi connectivity index (χ2n) is 22.8. The zero-order chi connectivity index (χ0) is 55.5. The predicted octanol–water partition coefficient (Wildman–Crippen LogP) is 8.00. The SMILES string of the molecule is C[C@@H]1CNC(C)(C)C1.Cc1[nH]ncc1S(=O)(=O)NC(=O)c1ccc(-n2ccc(OCC(C)(C)C)n2)nc1Cl.Cc1[nH]ncc1S(=O)(=O)NC(=O)c1ccc(-n2ccc(OCC(C)(C)C)n2)nc1N1C[C@@H](C)CC1(C)C.Cl.S.S. The molecule has 0 aliphatic carbocycles. The van der Waals surface area contributed by atoms with Gasteiger partial charge >= 0.3 is 0 Å². The van der Waals surface area contributed by atoms with Crippen molar-refractivity contribution in [2.75, 3.05) is 31.2 Å². The van der Waals surface area contributed by atoms with Crippen LogP contribution in [0.15, 0.2) is 71.0 Å². The number of rotatable bonds is 13. The second-order valence-corrected chi connectivity index (χ2v) is 26.5. The van der Waals surface area contributed by atoms with Gasteiger partial charge in [-0.3, -0.25) is 19.8 Å². The predicted molar refractivity (Wildman–Crippen MR) is 313 cm³/mol. The fourth-order valence-electron chi connectivity index (χ4n) is 8.39. The second kappa shape index (κ2) is 26.3. The van der Waals surface area contributed by atoms with E-state index < -0.39 is 31.9 Å². The molecule has 2 saturated heterocycles. The van der Waals surface area contributed by atoms with Crippen LogP contribution in [0.1, 0.15) is 128 Å². The van der Waals surface area contributed by atoms with E-state index in [1.54, 1.807) is 48.3 Å². The minimum absolute atomic E-state index is 0. The van der Waals surface area contributed by atoms with E-state index in [9.17, 15) is 26.4 Å². The number of carbonyl (C=O) groups excluding carboxylic acids is 2. The van der Waals surface area contributed by atoms with E-state index in [4.69, 9.17) is 26.1 Å². The fourth-order valence-corrected chi connectivity index (χ4v) is 10.8. The fraction of sp³-hybridized carbons (Fsp3) is 0.520. The molecule has 6 aromatic heterocycles. The summed E-state index contributed by atoms with van der Waals surface area (Å²) in [5, 5.41) is 24.5. The number of nitrogens with zero attached hydrogens (tertiary/aromatic N) is 9. The molecular weight excluding hydrogens is 1120 g/mol. The van der Waals surface area contributed by atoms with Crippen LogP contribution in [0.25, 0.3) is 11.6 Å². The number of hydrogen-bond donors (Lipinski definition) is 5. The Hall–Kier alpha value is -5.38.